The van der Waals surface area contributed by atoms with Gasteiger partial charge < -0.3 is 14.7 Å². The number of ether oxygens (including phenoxy) is 1. The Hall–Kier alpha value is -1.26. The predicted octanol–water partition coefficient (Wildman–Crippen LogP) is 1.31. The lowest BCUT2D eigenvalue weighted by Crippen LogP contribution is -2.35. The van der Waals surface area contributed by atoms with Gasteiger partial charge >= 0.3 is 0 Å². The summed E-state index contributed by atoms with van der Waals surface area (Å²) in [6.07, 6.45) is -0.725. The minimum absolute atomic E-state index is 0.0565. The normalized spacial score (nSPS) is 16.7. The first kappa shape index (κ1) is 11.2. The second-order valence-corrected chi connectivity index (χ2v) is 3.95. The number of likely N-dealkylation sites (N-methyl/N-ethyl adjacent to an activating group) is 1. The minimum Gasteiger partial charge on any atom is -0.482 e. The lowest BCUT2D eigenvalue weighted by molar-refractivity contribution is -0.120. The second-order valence-electron chi connectivity index (χ2n) is 3.64. The van der Waals surface area contributed by atoms with Crippen LogP contribution < -0.4 is 9.64 Å². The molecule has 0 fully saturated rings. The first-order chi connectivity index (χ1) is 7.63. The van der Waals surface area contributed by atoms with E-state index >= 15 is 0 Å². The van der Waals surface area contributed by atoms with Gasteiger partial charge in [-0.15, -0.1) is 11.6 Å². The predicted molar refractivity (Wildman–Crippen MR) is 61.0 cm³/mol. The second kappa shape index (κ2) is 4.31. The van der Waals surface area contributed by atoms with Crippen molar-refractivity contribution in [2.75, 3.05) is 24.4 Å². The van der Waals surface area contributed by atoms with E-state index in [0.29, 0.717) is 17.0 Å². The number of alkyl halides is 1. The van der Waals surface area contributed by atoms with Gasteiger partial charge in [0, 0.05) is 7.05 Å². The van der Waals surface area contributed by atoms with Crippen molar-refractivity contribution >= 4 is 23.2 Å². The maximum atomic E-state index is 11.4. The van der Waals surface area contributed by atoms with E-state index in [1.54, 1.807) is 25.2 Å². The van der Waals surface area contributed by atoms with E-state index in [2.05, 4.69) is 0 Å². The van der Waals surface area contributed by atoms with Crippen molar-refractivity contribution in [3.05, 3.63) is 23.8 Å². The van der Waals surface area contributed by atoms with Crippen LogP contribution in [0.4, 0.5) is 5.69 Å². The molecule has 1 aromatic carbocycles. The third-order valence-corrected chi connectivity index (χ3v) is 2.89. The number of nitrogens with zero attached hydrogens (tertiary/aromatic N) is 1. The molecular weight excluding hydrogens is 230 g/mol. The van der Waals surface area contributed by atoms with Crippen LogP contribution >= 0.6 is 11.6 Å². The van der Waals surface area contributed by atoms with Crippen LogP contribution in [0.2, 0.25) is 0 Å². The van der Waals surface area contributed by atoms with Crippen LogP contribution in [-0.4, -0.2) is 30.5 Å². The highest BCUT2D eigenvalue weighted by atomic mass is 35.5. The number of hydrogen-bond acceptors (Lipinski definition) is 3. The van der Waals surface area contributed by atoms with Gasteiger partial charge in [-0.1, -0.05) is 6.07 Å². The minimum atomic E-state index is -0.725. The molecule has 1 N–H and O–H groups in total. The van der Waals surface area contributed by atoms with Crippen molar-refractivity contribution in [1.82, 2.24) is 0 Å². The smallest absolute Gasteiger partial charge is 0.264 e. The summed E-state index contributed by atoms with van der Waals surface area (Å²) in [5, 5.41) is 9.61. The van der Waals surface area contributed by atoms with E-state index in [4.69, 9.17) is 16.3 Å². The Morgan fingerprint density at radius 3 is 3.06 bits per heavy atom. The molecule has 5 heteroatoms. The summed E-state index contributed by atoms with van der Waals surface area (Å²) >= 11 is 5.57. The summed E-state index contributed by atoms with van der Waals surface area (Å²) in [5.74, 6) is 0.662. The van der Waals surface area contributed by atoms with Gasteiger partial charge in [0.2, 0.25) is 0 Å². The summed E-state index contributed by atoms with van der Waals surface area (Å²) < 4.78 is 5.27. The molecule has 86 valence electrons. The van der Waals surface area contributed by atoms with Crippen LogP contribution in [-0.2, 0) is 4.79 Å². The molecule has 1 heterocycles. The fourth-order valence-corrected chi connectivity index (χ4v) is 1.76. The first-order valence-electron chi connectivity index (χ1n) is 4.91. The van der Waals surface area contributed by atoms with Gasteiger partial charge in [0.05, 0.1) is 17.7 Å². The molecule has 1 atom stereocenters. The standard InChI is InChI=1S/C11H12ClNO3/c1-13-8-4-7(9(14)5-12)2-3-10(8)16-6-11(13)15/h2-4,9,14H,5-6H2,1H3. The van der Waals surface area contributed by atoms with E-state index in [1.165, 1.54) is 4.90 Å². The van der Waals surface area contributed by atoms with Crippen molar-refractivity contribution < 1.29 is 14.6 Å². The van der Waals surface area contributed by atoms with Crippen LogP contribution in [0.15, 0.2) is 18.2 Å². The topological polar surface area (TPSA) is 49.8 Å². The quantitative estimate of drug-likeness (QED) is 0.795. The number of hydrogen-bond donors (Lipinski definition) is 1. The Morgan fingerprint density at radius 1 is 1.62 bits per heavy atom. The number of carbonyl (C=O) groups excluding carboxylic acids is 1. The third-order valence-electron chi connectivity index (χ3n) is 2.60. The Morgan fingerprint density at radius 2 is 2.38 bits per heavy atom. The molecule has 0 spiro atoms. The average molecular weight is 242 g/mol. The first-order valence-corrected chi connectivity index (χ1v) is 5.44. The molecular formula is C11H12ClNO3. The van der Waals surface area contributed by atoms with Gasteiger partial charge in [-0.3, -0.25) is 4.79 Å². The van der Waals surface area contributed by atoms with Crippen molar-refractivity contribution in [2.45, 2.75) is 6.10 Å². The number of carbonyl (C=O) groups is 1. The molecule has 0 radical (unpaired) electrons. The molecule has 1 aromatic rings. The number of fused-ring (bicyclic) bond motifs is 1. The molecule has 4 nitrogen and oxygen atoms in total. The summed E-state index contributed by atoms with van der Waals surface area (Å²) in [4.78, 5) is 12.9. The van der Waals surface area contributed by atoms with E-state index in [9.17, 15) is 9.90 Å². The average Bonchev–Trinajstić information content (AvgIpc) is 2.32. The molecule has 1 aliphatic rings. The van der Waals surface area contributed by atoms with Crippen LogP contribution in [0, 0.1) is 0 Å². The fraction of sp³-hybridized carbons (Fsp3) is 0.364. The number of rotatable bonds is 2. The molecule has 1 aliphatic heterocycles. The molecule has 1 unspecified atom stereocenters. The number of aliphatic hydroxyl groups excluding tert-OH is 1. The van der Waals surface area contributed by atoms with E-state index in [1.807, 2.05) is 0 Å². The van der Waals surface area contributed by atoms with E-state index < -0.39 is 6.10 Å². The van der Waals surface area contributed by atoms with E-state index in [-0.39, 0.29) is 18.4 Å². The fourth-order valence-electron chi connectivity index (χ4n) is 1.59. The zero-order valence-electron chi connectivity index (χ0n) is 8.81. The zero-order valence-corrected chi connectivity index (χ0v) is 9.57. The summed E-state index contributed by atoms with van der Waals surface area (Å²) in [5.41, 5.74) is 1.34. The molecule has 16 heavy (non-hydrogen) atoms. The van der Waals surface area contributed by atoms with Crippen molar-refractivity contribution in [3.63, 3.8) is 0 Å². The van der Waals surface area contributed by atoms with Gasteiger partial charge in [0.1, 0.15) is 5.75 Å². The SMILES string of the molecule is CN1C(=O)COc2ccc(C(O)CCl)cc21. The van der Waals surface area contributed by atoms with Gasteiger partial charge in [-0.2, -0.15) is 0 Å². The molecule has 0 aromatic heterocycles. The van der Waals surface area contributed by atoms with E-state index in [0.717, 1.165) is 0 Å². The molecule has 0 saturated heterocycles. The van der Waals surface area contributed by atoms with Gasteiger partial charge in [-0.05, 0) is 17.7 Å². The Bertz CT molecular complexity index is 422. The van der Waals surface area contributed by atoms with Crippen LogP contribution in [0.5, 0.6) is 5.75 Å². The lowest BCUT2D eigenvalue weighted by atomic mass is 10.1. The highest BCUT2D eigenvalue weighted by Gasteiger charge is 2.23. The summed E-state index contributed by atoms with van der Waals surface area (Å²) in [6, 6.07) is 5.21. The van der Waals surface area contributed by atoms with Crippen LogP contribution in [0.25, 0.3) is 0 Å². The number of benzene rings is 1. The number of anilines is 1. The Labute approximate surface area is 98.4 Å². The summed E-state index contributed by atoms with van der Waals surface area (Å²) in [7, 11) is 1.68. The number of halogens is 1. The highest BCUT2D eigenvalue weighted by Crippen LogP contribution is 2.33. The third kappa shape index (κ3) is 1.86. The van der Waals surface area contributed by atoms with Crippen molar-refractivity contribution in [3.8, 4) is 5.75 Å². The summed E-state index contributed by atoms with van der Waals surface area (Å²) in [6.45, 7) is 0.0565. The van der Waals surface area contributed by atoms with Gasteiger partial charge in [0.15, 0.2) is 6.61 Å². The maximum absolute atomic E-state index is 11.4. The zero-order chi connectivity index (χ0) is 11.7. The maximum Gasteiger partial charge on any atom is 0.264 e. The lowest BCUT2D eigenvalue weighted by Gasteiger charge is -2.26. The Kier molecular flexibility index (Phi) is 3.03. The highest BCUT2D eigenvalue weighted by molar-refractivity contribution is 6.18. The Balaban J connectivity index is 2.40. The van der Waals surface area contributed by atoms with Gasteiger partial charge in [-0.25, -0.2) is 0 Å². The number of amides is 1. The molecule has 0 bridgehead atoms. The molecule has 0 saturated carbocycles. The van der Waals surface area contributed by atoms with Crippen molar-refractivity contribution in [2.24, 2.45) is 0 Å². The molecule has 2 rings (SSSR count). The van der Waals surface area contributed by atoms with Crippen LogP contribution in [0.3, 0.4) is 0 Å². The largest absolute Gasteiger partial charge is 0.482 e. The monoisotopic (exact) mass is 241 g/mol. The molecule has 1 amide bonds. The van der Waals surface area contributed by atoms with Crippen LogP contribution in [0.1, 0.15) is 11.7 Å². The molecule has 0 aliphatic carbocycles. The van der Waals surface area contributed by atoms with Gasteiger partial charge in [0.25, 0.3) is 5.91 Å². The number of aliphatic hydroxyl groups is 1. The van der Waals surface area contributed by atoms with Crippen molar-refractivity contribution in [1.29, 1.82) is 0 Å².